The van der Waals surface area contributed by atoms with Crippen LogP contribution in [0, 0.1) is 12.7 Å². The number of carbonyl (C=O) groups excluding carboxylic acids is 1. The average Bonchev–Trinajstić information content (AvgIpc) is 3.37. The number of ether oxygens (including phenoxy) is 1. The van der Waals surface area contributed by atoms with Gasteiger partial charge in [-0.1, -0.05) is 36.4 Å². The van der Waals surface area contributed by atoms with Crippen LogP contribution in [-0.4, -0.2) is 82.2 Å². The van der Waals surface area contributed by atoms with E-state index in [0.717, 1.165) is 52.6 Å². The highest BCUT2D eigenvalue weighted by Gasteiger charge is 2.30. The summed E-state index contributed by atoms with van der Waals surface area (Å²) in [5.74, 6) is 0.534. The Morgan fingerprint density at radius 3 is 2.57 bits per heavy atom. The SMILES string of the molecule is COCCCn1c(C2CCCN(C(=O)CC(N)Cc3ccc(-c4ccc(NC(C)(CO)CO)nc4)cc3)C2)c(C)c2cccc(F)c21. The van der Waals surface area contributed by atoms with Crippen molar-refractivity contribution in [2.45, 2.75) is 70.0 Å². The van der Waals surface area contributed by atoms with Crippen LogP contribution in [0.3, 0.4) is 0 Å². The highest BCUT2D eigenvalue weighted by atomic mass is 19.1. The van der Waals surface area contributed by atoms with Crippen molar-refractivity contribution in [3.8, 4) is 11.1 Å². The maximum Gasteiger partial charge on any atom is 0.224 e. The van der Waals surface area contributed by atoms with E-state index in [0.29, 0.717) is 44.0 Å². The third-order valence-corrected chi connectivity index (χ3v) is 9.34. The number of rotatable bonds is 14. The number of aliphatic hydroxyl groups excluding tert-OH is 2. The molecule has 0 spiro atoms. The molecule has 1 fully saturated rings. The minimum absolute atomic E-state index is 0.0583. The molecule has 0 bridgehead atoms. The van der Waals surface area contributed by atoms with E-state index in [2.05, 4.69) is 21.8 Å². The maximum atomic E-state index is 15.1. The molecule has 2 atom stereocenters. The second-order valence-corrected chi connectivity index (χ2v) is 13.1. The number of amides is 1. The van der Waals surface area contributed by atoms with Gasteiger partial charge in [-0.15, -0.1) is 0 Å². The van der Waals surface area contributed by atoms with Gasteiger partial charge in [0.1, 0.15) is 11.6 Å². The van der Waals surface area contributed by atoms with E-state index in [4.69, 9.17) is 10.5 Å². The maximum absolute atomic E-state index is 15.1. The molecule has 9 nitrogen and oxygen atoms in total. The largest absolute Gasteiger partial charge is 0.394 e. The number of benzene rings is 2. The molecule has 1 aliphatic rings. The molecule has 5 N–H and O–H groups in total. The van der Waals surface area contributed by atoms with E-state index in [1.165, 1.54) is 6.07 Å². The van der Waals surface area contributed by atoms with E-state index in [1.807, 2.05) is 47.4 Å². The van der Waals surface area contributed by atoms with Crippen LogP contribution in [0.25, 0.3) is 22.0 Å². The number of carbonyl (C=O) groups is 1. The number of hydrogen-bond donors (Lipinski definition) is 4. The Balaban J connectivity index is 1.20. The molecule has 5 rings (SSSR count). The van der Waals surface area contributed by atoms with Gasteiger partial charge in [0, 0.05) is 74.6 Å². The number of hydrogen-bond acceptors (Lipinski definition) is 7. The normalized spacial score (nSPS) is 16.1. The van der Waals surface area contributed by atoms with Crippen LogP contribution in [0.15, 0.2) is 60.8 Å². The number of aromatic nitrogens is 2. The lowest BCUT2D eigenvalue weighted by atomic mass is 9.91. The van der Waals surface area contributed by atoms with E-state index < -0.39 is 5.54 Å². The summed E-state index contributed by atoms with van der Waals surface area (Å²) >= 11 is 0. The van der Waals surface area contributed by atoms with Gasteiger partial charge in [-0.05, 0) is 74.4 Å². The Bertz CT molecular complexity index is 1640. The van der Waals surface area contributed by atoms with Gasteiger partial charge < -0.3 is 35.5 Å². The van der Waals surface area contributed by atoms with Gasteiger partial charge in [0.15, 0.2) is 0 Å². The van der Waals surface area contributed by atoms with E-state index in [9.17, 15) is 15.0 Å². The predicted molar refractivity (Wildman–Crippen MR) is 184 cm³/mol. The van der Waals surface area contributed by atoms with Crippen molar-refractivity contribution in [2.75, 3.05) is 45.3 Å². The molecule has 47 heavy (non-hydrogen) atoms. The van der Waals surface area contributed by atoms with Crippen LogP contribution in [0.5, 0.6) is 0 Å². The van der Waals surface area contributed by atoms with Crippen molar-refractivity contribution >= 4 is 22.6 Å². The molecule has 0 aliphatic carbocycles. The number of nitrogens with two attached hydrogens (primary N) is 1. The number of fused-ring (bicyclic) bond motifs is 1. The first-order chi connectivity index (χ1) is 22.7. The molecule has 2 unspecified atom stereocenters. The van der Waals surface area contributed by atoms with Gasteiger partial charge in [-0.3, -0.25) is 4.79 Å². The van der Waals surface area contributed by atoms with Crippen LogP contribution >= 0.6 is 0 Å². The Labute approximate surface area is 276 Å². The summed E-state index contributed by atoms with van der Waals surface area (Å²) in [4.78, 5) is 19.9. The van der Waals surface area contributed by atoms with Crippen LogP contribution < -0.4 is 11.1 Å². The summed E-state index contributed by atoms with van der Waals surface area (Å²) in [7, 11) is 1.68. The fourth-order valence-corrected chi connectivity index (χ4v) is 6.74. The lowest BCUT2D eigenvalue weighted by Gasteiger charge is -2.34. The van der Waals surface area contributed by atoms with Crippen LogP contribution in [0.4, 0.5) is 10.2 Å². The van der Waals surface area contributed by atoms with Crippen molar-refractivity contribution in [1.29, 1.82) is 0 Å². The molecule has 0 radical (unpaired) electrons. The first kappa shape index (κ1) is 34.5. The third-order valence-electron chi connectivity index (χ3n) is 9.34. The predicted octanol–water partition coefficient (Wildman–Crippen LogP) is 5.01. The van der Waals surface area contributed by atoms with Gasteiger partial charge in [0.05, 0.1) is 24.3 Å². The summed E-state index contributed by atoms with van der Waals surface area (Å²) < 4.78 is 22.5. The highest BCUT2D eigenvalue weighted by molar-refractivity contribution is 5.86. The Morgan fingerprint density at radius 2 is 1.89 bits per heavy atom. The van der Waals surface area contributed by atoms with Crippen molar-refractivity contribution in [3.05, 3.63) is 83.4 Å². The summed E-state index contributed by atoms with van der Waals surface area (Å²) in [5, 5.41) is 23.0. The average molecular weight is 646 g/mol. The molecular weight excluding hydrogens is 597 g/mol. The minimum atomic E-state index is -0.850. The summed E-state index contributed by atoms with van der Waals surface area (Å²) in [6, 6.07) is 16.8. The van der Waals surface area contributed by atoms with Crippen molar-refractivity contribution in [1.82, 2.24) is 14.5 Å². The number of nitrogens with one attached hydrogen (secondary N) is 1. The summed E-state index contributed by atoms with van der Waals surface area (Å²) in [5.41, 5.74) is 11.5. The number of aliphatic hydroxyl groups is 2. The fraction of sp³-hybridized carbons (Fsp3) is 0.459. The first-order valence-electron chi connectivity index (χ1n) is 16.5. The monoisotopic (exact) mass is 645 g/mol. The van der Waals surface area contributed by atoms with Gasteiger partial charge in [0.2, 0.25) is 5.91 Å². The number of aryl methyl sites for hydroxylation is 2. The van der Waals surface area contributed by atoms with Crippen LogP contribution in [0.2, 0.25) is 0 Å². The minimum Gasteiger partial charge on any atom is -0.394 e. The first-order valence-corrected chi connectivity index (χ1v) is 16.5. The molecule has 10 heteroatoms. The molecule has 1 amide bonds. The van der Waals surface area contributed by atoms with Gasteiger partial charge >= 0.3 is 0 Å². The van der Waals surface area contributed by atoms with Crippen molar-refractivity contribution in [3.63, 3.8) is 0 Å². The standard InChI is InChI=1S/C37H48FN5O4/c1-25-31-8-4-9-32(38)36(31)43(17-6-18-47-3)35(25)29-7-5-16-42(22-29)34(46)20-30(39)19-26-10-12-27(13-11-26)28-14-15-33(40-21-28)41-37(2,23-44)24-45/h4,8-15,21,29-30,44-45H,5-7,16-20,22-24,39H2,1-3H3,(H,40,41). The molecule has 2 aromatic carbocycles. The fourth-order valence-electron chi connectivity index (χ4n) is 6.74. The number of halogens is 1. The zero-order chi connectivity index (χ0) is 33.6. The zero-order valence-corrected chi connectivity index (χ0v) is 27.7. The number of methoxy groups -OCH3 is 1. The number of para-hydroxylation sites is 1. The van der Waals surface area contributed by atoms with Gasteiger partial charge in [-0.2, -0.15) is 0 Å². The van der Waals surface area contributed by atoms with Gasteiger partial charge in [0.25, 0.3) is 0 Å². The van der Waals surface area contributed by atoms with Crippen LogP contribution in [0.1, 0.15) is 55.3 Å². The molecular formula is C37H48FN5O4. The van der Waals surface area contributed by atoms with Crippen molar-refractivity contribution in [2.24, 2.45) is 5.73 Å². The highest BCUT2D eigenvalue weighted by Crippen LogP contribution is 2.37. The second kappa shape index (κ2) is 15.4. The topological polar surface area (TPSA) is 126 Å². The molecule has 252 valence electrons. The Hall–Kier alpha value is -3.83. The number of piperidine rings is 1. The number of pyridine rings is 1. The number of likely N-dealkylation sites (tertiary alicyclic amines) is 1. The smallest absolute Gasteiger partial charge is 0.224 e. The van der Waals surface area contributed by atoms with Crippen molar-refractivity contribution < 1.29 is 24.1 Å². The zero-order valence-electron chi connectivity index (χ0n) is 27.7. The Kier molecular flexibility index (Phi) is 11.3. The van der Waals surface area contributed by atoms with Gasteiger partial charge in [-0.25, -0.2) is 9.37 Å². The molecule has 0 saturated carbocycles. The Morgan fingerprint density at radius 1 is 1.15 bits per heavy atom. The summed E-state index contributed by atoms with van der Waals surface area (Å²) in [6.45, 7) is 5.93. The summed E-state index contributed by atoms with van der Waals surface area (Å²) in [6.07, 6.45) is 5.21. The molecule has 1 saturated heterocycles. The lowest BCUT2D eigenvalue weighted by molar-refractivity contribution is -0.132. The number of nitrogens with zero attached hydrogens (tertiary/aromatic N) is 3. The quantitative estimate of drug-likeness (QED) is 0.142. The second-order valence-electron chi connectivity index (χ2n) is 13.1. The third kappa shape index (κ3) is 8.01. The lowest BCUT2D eigenvalue weighted by Crippen LogP contribution is -2.42. The van der Waals surface area contributed by atoms with Crippen LogP contribution in [-0.2, 0) is 22.5 Å². The van der Waals surface area contributed by atoms with E-state index in [-0.39, 0.29) is 43.3 Å². The molecule has 1 aliphatic heterocycles. The number of anilines is 1. The molecule has 4 aromatic rings. The molecule has 2 aromatic heterocycles. The van der Waals surface area contributed by atoms with E-state index in [1.54, 1.807) is 26.3 Å². The van der Waals surface area contributed by atoms with E-state index >= 15 is 4.39 Å². The molecule has 3 heterocycles.